The molecule has 2 aromatic carbocycles. The van der Waals surface area contributed by atoms with Crippen molar-refractivity contribution in [3.05, 3.63) is 83.9 Å². The van der Waals surface area contributed by atoms with Gasteiger partial charge in [-0.2, -0.15) is 0 Å². The van der Waals surface area contributed by atoms with Gasteiger partial charge in [-0.25, -0.2) is 24.5 Å². The average Bonchev–Trinajstić information content (AvgIpc) is 3.07. The first-order valence-corrected chi connectivity index (χ1v) is 15.1. The summed E-state index contributed by atoms with van der Waals surface area (Å²) >= 11 is 0. The molecular weight excluding hydrogens is 660 g/mol. The molecular formula is C33H38N4O13. The minimum Gasteiger partial charge on any atom is -0.479 e. The summed E-state index contributed by atoms with van der Waals surface area (Å²) in [6.45, 7) is -0.953. The van der Waals surface area contributed by atoms with Crippen LogP contribution in [0.1, 0.15) is 43.2 Å². The summed E-state index contributed by atoms with van der Waals surface area (Å²) in [6, 6.07) is 15.6. The number of carboxylic acids is 3. The maximum atomic E-state index is 13.0. The monoisotopic (exact) mass is 698 g/mol. The molecule has 2 aromatic rings. The Bertz CT molecular complexity index is 1570. The van der Waals surface area contributed by atoms with E-state index in [2.05, 4.69) is 10.6 Å². The molecule has 17 heteroatoms. The van der Waals surface area contributed by atoms with E-state index in [1.54, 1.807) is 72.8 Å². The van der Waals surface area contributed by atoms with Crippen molar-refractivity contribution in [2.45, 2.75) is 49.8 Å². The smallest absolute Gasteiger partial charge is 0.396 e. The summed E-state index contributed by atoms with van der Waals surface area (Å²) in [5, 5.41) is 62.6. The Morgan fingerprint density at radius 1 is 0.640 bits per heavy atom. The maximum Gasteiger partial charge on any atom is 0.396 e. The van der Waals surface area contributed by atoms with Crippen LogP contribution >= 0.6 is 0 Å². The van der Waals surface area contributed by atoms with Crippen LogP contribution < -0.4 is 10.6 Å². The molecule has 0 aromatic heterocycles. The second kappa shape index (κ2) is 19.8. The van der Waals surface area contributed by atoms with Crippen LogP contribution in [0.3, 0.4) is 0 Å². The molecule has 0 aliphatic rings. The molecule has 2 rings (SSSR count). The number of aliphatic carboxylic acids is 3. The lowest BCUT2D eigenvalue weighted by molar-refractivity contribution is -0.177. The van der Waals surface area contributed by atoms with Gasteiger partial charge in [0.2, 0.25) is 11.8 Å². The fraction of sp³-hybridized carbons (Fsp3) is 0.303. The van der Waals surface area contributed by atoms with E-state index in [9.17, 15) is 54.2 Å². The van der Waals surface area contributed by atoms with Crippen molar-refractivity contribution < 1.29 is 64.4 Å². The molecule has 4 amide bonds. The Morgan fingerprint density at radius 3 is 1.44 bits per heavy atom. The summed E-state index contributed by atoms with van der Waals surface area (Å²) in [5.74, 6) is -10.9. The number of rotatable bonds is 18. The van der Waals surface area contributed by atoms with Gasteiger partial charge in [-0.05, 0) is 30.4 Å². The lowest BCUT2D eigenvalue weighted by Gasteiger charge is -2.25. The molecule has 3 atom stereocenters. The third-order valence-corrected chi connectivity index (χ3v) is 7.01. The molecule has 0 aliphatic carbocycles. The largest absolute Gasteiger partial charge is 0.479 e. The third kappa shape index (κ3) is 14.1. The Hall–Kier alpha value is -5.91. The van der Waals surface area contributed by atoms with Gasteiger partial charge >= 0.3 is 29.7 Å². The summed E-state index contributed by atoms with van der Waals surface area (Å²) in [6.07, 6.45) is 3.78. The van der Waals surface area contributed by atoms with E-state index in [-0.39, 0.29) is 29.4 Å². The van der Waals surface area contributed by atoms with Crippen LogP contribution in [-0.2, 0) is 33.6 Å². The summed E-state index contributed by atoms with van der Waals surface area (Å²) in [7, 11) is 0. The number of hydrogen-bond acceptors (Lipinski definition) is 10. The molecule has 1 unspecified atom stereocenters. The van der Waals surface area contributed by atoms with E-state index >= 15 is 0 Å². The van der Waals surface area contributed by atoms with E-state index in [0.29, 0.717) is 5.56 Å². The van der Waals surface area contributed by atoms with Gasteiger partial charge in [0, 0.05) is 18.6 Å². The van der Waals surface area contributed by atoms with Crippen molar-refractivity contribution in [3.63, 3.8) is 0 Å². The molecule has 0 aliphatic heterocycles. The van der Waals surface area contributed by atoms with Crippen LogP contribution in [0.15, 0.2) is 72.8 Å². The van der Waals surface area contributed by atoms with Crippen LogP contribution in [0.2, 0.25) is 0 Å². The molecule has 8 N–H and O–H groups in total. The molecule has 0 fully saturated rings. The Balaban J connectivity index is 2.16. The lowest BCUT2D eigenvalue weighted by atomic mass is 9.94. The number of nitrogens with zero attached hydrogens (tertiary/aromatic N) is 2. The highest BCUT2D eigenvalue weighted by molar-refractivity contribution is 6.31. The van der Waals surface area contributed by atoms with Crippen LogP contribution in [0.25, 0.3) is 12.2 Å². The van der Waals surface area contributed by atoms with Gasteiger partial charge < -0.3 is 31.1 Å². The molecule has 0 bridgehead atoms. The summed E-state index contributed by atoms with van der Waals surface area (Å²) < 4.78 is 0. The number of carboxylic acid groups (broad SMARTS) is 3. The highest BCUT2D eigenvalue weighted by atomic mass is 16.5. The van der Waals surface area contributed by atoms with Gasteiger partial charge in [0.15, 0.2) is 5.60 Å². The minimum atomic E-state index is -2.91. The van der Waals surface area contributed by atoms with Crippen molar-refractivity contribution in [2.24, 2.45) is 0 Å². The fourth-order valence-corrected chi connectivity index (χ4v) is 4.42. The van der Waals surface area contributed by atoms with Gasteiger partial charge in [-0.15, -0.1) is 0 Å². The average molecular weight is 699 g/mol. The van der Waals surface area contributed by atoms with E-state index in [1.165, 1.54) is 12.2 Å². The standard InChI is InChI=1S/C33H38N4O13/c38-26(34-24(15-13-22-8-3-1-4-9-22)12-7-18-36(49)28(40)30(42)43)20-33(48,32(46)47)21-27(39)35-25(16-14-23-10-5-2-6-11-23)17-19-37(50)29(41)31(44)45/h1-6,8-11,13-16,24-25,48-50H,7,12,17-21H2,(H,34,38)(H,35,39)(H,42,43)(H,44,45)(H,46,47)/b15-13+,16-14+/t24-,25-,33?/m0/s1. The van der Waals surface area contributed by atoms with E-state index < -0.39 is 85.2 Å². The van der Waals surface area contributed by atoms with E-state index in [1.807, 2.05) is 0 Å². The zero-order chi connectivity index (χ0) is 37.3. The Kier molecular flexibility index (Phi) is 15.9. The maximum absolute atomic E-state index is 13.0. The number of benzene rings is 2. The van der Waals surface area contributed by atoms with Crippen molar-refractivity contribution in [3.8, 4) is 0 Å². The number of amides is 4. The highest BCUT2D eigenvalue weighted by Crippen LogP contribution is 2.18. The Labute approximate surface area is 285 Å². The molecule has 17 nitrogen and oxygen atoms in total. The van der Waals surface area contributed by atoms with Crippen LogP contribution in [-0.4, -0.2) is 113 Å². The number of hydroxylamine groups is 4. The summed E-state index contributed by atoms with van der Waals surface area (Å²) in [5.41, 5.74) is -1.50. The zero-order valence-electron chi connectivity index (χ0n) is 26.6. The number of carbonyl (C=O) groups excluding carboxylic acids is 4. The molecule has 0 saturated heterocycles. The van der Waals surface area contributed by atoms with Gasteiger partial charge in [0.05, 0.1) is 19.4 Å². The Morgan fingerprint density at radius 2 is 1.04 bits per heavy atom. The first-order valence-electron chi connectivity index (χ1n) is 15.1. The second-order valence-electron chi connectivity index (χ2n) is 11.0. The number of aliphatic hydroxyl groups is 1. The van der Waals surface area contributed by atoms with Crippen molar-refractivity contribution in [1.29, 1.82) is 0 Å². The number of hydrogen-bond donors (Lipinski definition) is 8. The third-order valence-electron chi connectivity index (χ3n) is 7.01. The molecule has 50 heavy (non-hydrogen) atoms. The number of nitrogens with one attached hydrogen (secondary N) is 2. The highest BCUT2D eigenvalue weighted by Gasteiger charge is 2.41. The van der Waals surface area contributed by atoms with Crippen LogP contribution in [0.4, 0.5) is 0 Å². The van der Waals surface area contributed by atoms with Crippen molar-refractivity contribution in [1.82, 2.24) is 20.8 Å². The lowest BCUT2D eigenvalue weighted by Crippen LogP contribution is -2.49. The first kappa shape index (κ1) is 40.3. The number of carbonyl (C=O) groups is 7. The molecule has 0 radical (unpaired) electrons. The van der Waals surface area contributed by atoms with Crippen LogP contribution in [0.5, 0.6) is 0 Å². The summed E-state index contributed by atoms with van der Waals surface area (Å²) in [4.78, 5) is 82.8. The SMILES string of the molecule is O=C(CC(O)(CC(=O)N[C@@H](/C=C/c1ccccc1)CCN(O)C(=O)C(=O)O)C(=O)O)N[C@H](/C=C/c1ccccc1)CCCN(O)C(=O)C(=O)O. The van der Waals surface area contributed by atoms with Gasteiger partial charge in [-0.3, -0.25) is 29.6 Å². The molecule has 0 heterocycles. The fourth-order valence-electron chi connectivity index (χ4n) is 4.42. The van der Waals surface area contributed by atoms with Gasteiger partial charge in [0.25, 0.3) is 0 Å². The van der Waals surface area contributed by atoms with E-state index in [4.69, 9.17) is 10.2 Å². The van der Waals surface area contributed by atoms with Gasteiger partial charge in [0.1, 0.15) is 0 Å². The van der Waals surface area contributed by atoms with Crippen molar-refractivity contribution >= 4 is 53.7 Å². The van der Waals surface area contributed by atoms with E-state index in [0.717, 1.165) is 5.56 Å². The zero-order valence-corrected chi connectivity index (χ0v) is 26.6. The predicted molar refractivity (Wildman–Crippen MR) is 173 cm³/mol. The second-order valence-corrected chi connectivity index (χ2v) is 11.0. The topological polar surface area (TPSA) is 271 Å². The van der Waals surface area contributed by atoms with Crippen molar-refractivity contribution in [2.75, 3.05) is 13.1 Å². The molecule has 0 saturated carbocycles. The molecule has 0 spiro atoms. The van der Waals surface area contributed by atoms with Crippen LogP contribution in [0, 0.1) is 0 Å². The van der Waals surface area contributed by atoms with Gasteiger partial charge in [-0.1, -0.05) is 85.0 Å². The minimum absolute atomic E-state index is 0.00563. The quantitative estimate of drug-likeness (QED) is 0.0607. The normalized spacial score (nSPS) is 13.5. The first-order chi connectivity index (χ1) is 23.6. The predicted octanol–water partition coefficient (Wildman–Crippen LogP) is 0.754. The molecule has 268 valence electrons.